The summed E-state index contributed by atoms with van der Waals surface area (Å²) >= 11 is 0. The first-order valence-corrected chi connectivity index (χ1v) is 19.8. The van der Waals surface area contributed by atoms with Gasteiger partial charge in [-0.1, -0.05) is 146 Å². The second-order valence-electron chi connectivity index (χ2n) is 17.3. The Morgan fingerprint density at radius 1 is 0.768 bits per heavy atom. The highest BCUT2D eigenvalue weighted by atomic mass is 16.7. The smallest absolute Gasteiger partial charge is 0.510 e. The monoisotopic (exact) mass is 761 g/mol. The largest absolute Gasteiger partial charge is 0.576 e. The molecule has 4 aromatic carbocycles. The van der Waals surface area contributed by atoms with Gasteiger partial charge in [0.05, 0.1) is 17.3 Å². The normalized spacial score (nSPS) is 17.2. The quantitative estimate of drug-likeness (QED) is 0.0596. The average molecular weight is 762 g/mol. The van der Waals surface area contributed by atoms with Crippen molar-refractivity contribution in [1.82, 2.24) is 0 Å². The summed E-state index contributed by atoms with van der Waals surface area (Å²) in [6.07, 6.45) is 2.77. The highest BCUT2D eigenvalue weighted by Crippen LogP contribution is 2.58. The number of benzene rings is 4. The van der Waals surface area contributed by atoms with E-state index in [-0.39, 0.29) is 19.0 Å². The fraction of sp³-hybridized carbons (Fsp3) is 0.468. The van der Waals surface area contributed by atoms with E-state index in [9.17, 15) is 9.59 Å². The van der Waals surface area contributed by atoms with Crippen molar-refractivity contribution in [2.24, 2.45) is 27.6 Å². The summed E-state index contributed by atoms with van der Waals surface area (Å²) in [6, 6.07) is 32.5. The summed E-state index contributed by atoms with van der Waals surface area (Å²) in [5.41, 5.74) is -1.68. The van der Waals surface area contributed by atoms with Crippen molar-refractivity contribution in [1.29, 1.82) is 0 Å². The van der Waals surface area contributed by atoms with Gasteiger partial charge in [-0.2, -0.15) is 0 Å². The zero-order valence-electron chi connectivity index (χ0n) is 34.3. The molecule has 1 saturated heterocycles. The second-order valence-corrected chi connectivity index (χ2v) is 17.3. The van der Waals surface area contributed by atoms with Crippen molar-refractivity contribution in [3.63, 3.8) is 0 Å². The Hall–Kier alpha value is -4.47. The summed E-state index contributed by atoms with van der Waals surface area (Å²) in [7, 11) is 1.08. The first kappa shape index (κ1) is 42.7. The van der Waals surface area contributed by atoms with E-state index in [1.54, 1.807) is 0 Å². The fourth-order valence-electron chi connectivity index (χ4n) is 7.73. The third-order valence-electron chi connectivity index (χ3n) is 12.8. The van der Waals surface area contributed by atoms with Gasteiger partial charge in [-0.15, -0.1) is 0 Å². The van der Waals surface area contributed by atoms with Crippen LogP contribution in [0.2, 0.25) is 0 Å². The predicted octanol–water partition coefficient (Wildman–Crippen LogP) is 10.4. The van der Waals surface area contributed by atoms with Gasteiger partial charge in [-0.3, -0.25) is 14.4 Å². The first-order chi connectivity index (χ1) is 26.6. The molecule has 4 unspecified atom stereocenters. The maximum atomic E-state index is 15.1. The maximum absolute atomic E-state index is 15.1. The van der Waals surface area contributed by atoms with Crippen LogP contribution < -0.4 is 4.74 Å². The Bertz CT molecular complexity index is 1910. The van der Waals surface area contributed by atoms with Crippen LogP contribution in [-0.2, 0) is 39.8 Å². The lowest BCUT2D eigenvalue weighted by Crippen LogP contribution is -2.52. The topological polar surface area (TPSA) is 97.4 Å². The zero-order chi connectivity index (χ0) is 40.6. The van der Waals surface area contributed by atoms with Crippen molar-refractivity contribution in [3.8, 4) is 5.75 Å². The van der Waals surface area contributed by atoms with Gasteiger partial charge in [-0.05, 0) is 77.9 Å². The lowest BCUT2D eigenvalue weighted by atomic mass is 9.51. The van der Waals surface area contributed by atoms with Crippen LogP contribution in [0.25, 0.3) is 10.8 Å². The minimum atomic E-state index is -1.19. The number of carbonyl (C=O) groups excluding carboxylic acids is 3. The van der Waals surface area contributed by atoms with Crippen molar-refractivity contribution < 1.29 is 37.9 Å². The summed E-state index contributed by atoms with van der Waals surface area (Å²) in [5, 5.41) is 1.77. The molecule has 9 heteroatoms. The van der Waals surface area contributed by atoms with Crippen LogP contribution in [0.5, 0.6) is 5.75 Å². The van der Waals surface area contributed by atoms with E-state index in [4.69, 9.17) is 23.5 Å². The Labute approximate surface area is 333 Å². The molecule has 8 nitrogen and oxygen atoms in total. The molecular formula is C47H58BO8. The van der Waals surface area contributed by atoms with Crippen LogP contribution in [0, 0.1) is 27.6 Å². The minimum Gasteiger partial charge on any atom is -0.510 e. The zero-order valence-corrected chi connectivity index (χ0v) is 34.3. The molecule has 1 heterocycles. The lowest BCUT2D eigenvalue weighted by Gasteiger charge is -2.52. The Morgan fingerprint density at radius 3 is 2.09 bits per heavy atom. The molecule has 0 aliphatic carbocycles. The molecule has 0 saturated carbocycles. The Balaban J connectivity index is 1.46. The summed E-state index contributed by atoms with van der Waals surface area (Å²) in [4.78, 5) is 42.7. The summed E-state index contributed by atoms with van der Waals surface area (Å²) < 4.78 is 29.2. The van der Waals surface area contributed by atoms with Gasteiger partial charge < -0.3 is 23.5 Å². The number of rotatable bonds is 17. The van der Waals surface area contributed by atoms with Crippen LogP contribution in [0.1, 0.15) is 105 Å². The van der Waals surface area contributed by atoms with E-state index in [2.05, 4.69) is 27.7 Å². The number of fused-ring (bicyclic) bond motifs is 1. The van der Waals surface area contributed by atoms with Crippen molar-refractivity contribution in [3.05, 3.63) is 114 Å². The molecule has 4 aromatic rings. The van der Waals surface area contributed by atoms with Crippen LogP contribution in [0.3, 0.4) is 0 Å². The van der Waals surface area contributed by atoms with Gasteiger partial charge >= 0.3 is 19.6 Å². The average Bonchev–Trinajstić information content (AvgIpc) is 3.19. The van der Waals surface area contributed by atoms with Gasteiger partial charge in [0.15, 0.2) is 0 Å². The number of ether oxygens (including phenoxy) is 3. The van der Waals surface area contributed by atoms with Crippen molar-refractivity contribution >= 4 is 36.4 Å². The van der Waals surface area contributed by atoms with E-state index < -0.39 is 51.7 Å². The highest BCUT2D eigenvalue weighted by Gasteiger charge is 2.56. The third-order valence-corrected chi connectivity index (χ3v) is 12.8. The summed E-state index contributed by atoms with van der Waals surface area (Å²) in [6.45, 7) is 16.9. The molecule has 4 atom stereocenters. The Kier molecular flexibility index (Phi) is 13.9. The lowest BCUT2D eigenvalue weighted by molar-refractivity contribution is -0.165. The molecule has 0 amide bonds. The molecule has 1 fully saturated rings. The van der Waals surface area contributed by atoms with E-state index in [1.165, 1.54) is 0 Å². The molecule has 1 radical (unpaired) electrons. The third kappa shape index (κ3) is 9.91. The molecule has 1 aliphatic rings. The van der Waals surface area contributed by atoms with Crippen LogP contribution in [0.15, 0.2) is 103 Å². The Morgan fingerprint density at radius 2 is 1.41 bits per heavy atom. The van der Waals surface area contributed by atoms with Gasteiger partial charge in [0.1, 0.15) is 18.6 Å². The van der Waals surface area contributed by atoms with Crippen LogP contribution >= 0.6 is 0 Å². The van der Waals surface area contributed by atoms with E-state index >= 15 is 4.79 Å². The van der Waals surface area contributed by atoms with Crippen molar-refractivity contribution in [2.75, 3.05) is 6.61 Å². The first-order valence-electron chi connectivity index (χ1n) is 19.8. The number of carbonyl (C=O) groups is 3. The predicted molar refractivity (Wildman–Crippen MR) is 219 cm³/mol. The van der Waals surface area contributed by atoms with E-state index in [0.29, 0.717) is 18.8 Å². The van der Waals surface area contributed by atoms with Gasteiger partial charge in [0.2, 0.25) is 0 Å². The standard InChI is InChI=1S/C47H58BO8/c1-33(41(49)53-31-34-20-11-9-12-21-34)46(6,7)45(4,5)32-47(8,43(51)54-39-27-19-25-35-24-15-16-26-37(35)39)44(2,3)30-38(36-22-13-10-14-23-36)42(50)56-48-55-40-28-17-18-29-52-40/h9-16,19-27,33,38,40H,17-18,28-32H2,1-8H3. The number of hydrogen-bond donors (Lipinski definition) is 0. The highest BCUT2D eigenvalue weighted by molar-refractivity contribution is 6.22. The van der Waals surface area contributed by atoms with Gasteiger partial charge in [-0.25, -0.2) is 0 Å². The van der Waals surface area contributed by atoms with Crippen molar-refractivity contribution in [2.45, 2.75) is 106 Å². The van der Waals surface area contributed by atoms with E-state index in [0.717, 1.165) is 48.8 Å². The molecule has 1 aliphatic heterocycles. The second kappa shape index (κ2) is 18.2. The molecule has 0 bridgehead atoms. The van der Waals surface area contributed by atoms with Crippen LogP contribution in [0.4, 0.5) is 0 Å². The molecular weight excluding hydrogens is 703 g/mol. The molecule has 297 valence electrons. The van der Waals surface area contributed by atoms with E-state index in [1.807, 2.05) is 131 Å². The van der Waals surface area contributed by atoms with Gasteiger partial charge in [0.25, 0.3) is 5.97 Å². The molecule has 5 rings (SSSR count). The summed E-state index contributed by atoms with van der Waals surface area (Å²) in [5.74, 6) is -2.04. The fourth-order valence-corrected chi connectivity index (χ4v) is 7.73. The molecule has 0 aromatic heterocycles. The maximum Gasteiger partial charge on any atom is 0.576 e. The molecule has 0 spiro atoms. The SMILES string of the molecule is CC(C(=O)OCc1ccccc1)C(C)(C)C(C)(C)CC(C)(C(=O)Oc1cccc2ccccc12)C(C)(C)CC(C(=O)O[B]OC1CCCCO1)c1ccccc1. The molecule has 0 N–H and O–H groups in total. The minimum absolute atomic E-state index is 0.176. The number of hydrogen-bond acceptors (Lipinski definition) is 8. The molecule has 56 heavy (non-hydrogen) atoms. The van der Waals surface area contributed by atoms with Gasteiger partial charge in [0, 0.05) is 12.0 Å². The number of esters is 2. The van der Waals surface area contributed by atoms with Crippen LogP contribution in [-0.4, -0.2) is 38.5 Å².